The van der Waals surface area contributed by atoms with Crippen molar-refractivity contribution in [1.82, 2.24) is 0 Å². The lowest BCUT2D eigenvalue weighted by Crippen LogP contribution is -2.24. The van der Waals surface area contributed by atoms with E-state index in [0.717, 1.165) is 30.9 Å². The molecule has 0 unspecified atom stereocenters. The van der Waals surface area contributed by atoms with Gasteiger partial charge in [0.25, 0.3) is 0 Å². The fourth-order valence-electron chi connectivity index (χ4n) is 1.30. The van der Waals surface area contributed by atoms with Crippen LogP contribution in [0.25, 0.3) is 0 Å². The van der Waals surface area contributed by atoms with Gasteiger partial charge in [-0.1, -0.05) is 13.0 Å². The fraction of sp³-hybridized carbons (Fsp3) is 0.571. The molecule has 0 atom stereocenters. The summed E-state index contributed by atoms with van der Waals surface area (Å²) in [5.41, 5.74) is 6.36. The summed E-state index contributed by atoms with van der Waals surface area (Å²) in [7, 11) is 0. The van der Waals surface area contributed by atoms with E-state index in [2.05, 4.69) is 20.8 Å². The van der Waals surface area contributed by atoms with Gasteiger partial charge >= 0.3 is 0 Å². The third-order valence-electron chi connectivity index (χ3n) is 2.76. The van der Waals surface area contributed by atoms with Crippen molar-refractivity contribution in [2.24, 2.45) is 0 Å². The van der Waals surface area contributed by atoms with E-state index in [1.165, 1.54) is 0 Å². The first-order chi connectivity index (χ1) is 8.03. The first-order valence-corrected chi connectivity index (χ1v) is 6.16. The Bertz CT molecular complexity index is 337. The minimum absolute atomic E-state index is 0.0306. The molecule has 0 saturated carbocycles. The predicted octanol–water partition coefficient (Wildman–Crippen LogP) is 3.24. The Hall–Kier alpha value is -1.22. The first kappa shape index (κ1) is 13.8. The lowest BCUT2D eigenvalue weighted by Gasteiger charge is -2.23. The zero-order valence-corrected chi connectivity index (χ0v) is 11.0. The summed E-state index contributed by atoms with van der Waals surface area (Å²) in [5.74, 6) is 0.819. The summed E-state index contributed by atoms with van der Waals surface area (Å²) in [4.78, 5) is 0. The number of hydrogen-bond acceptors (Lipinski definition) is 3. The number of nitrogen functional groups attached to an aromatic ring is 1. The largest absolute Gasteiger partial charge is 0.493 e. The summed E-state index contributed by atoms with van der Waals surface area (Å²) < 4.78 is 11.3. The average molecular weight is 237 g/mol. The zero-order chi connectivity index (χ0) is 12.7. The number of hydrogen-bond donors (Lipinski definition) is 1. The molecule has 96 valence electrons. The molecular formula is C14H23NO2. The summed E-state index contributed by atoms with van der Waals surface area (Å²) in [6.45, 7) is 7.72. The molecule has 0 aliphatic rings. The van der Waals surface area contributed by atoms with Crippen LogP contribution in [0.3, 0.4) is 0 Å². The SMILES string of the molecule is CCC(C)(C)OCCCOc1cccc(N)c1. The summed E-state index contributed by atoms with van der Waals surface area (Å²) >= 11 is 0. The molecule has 1 aromatic carbocycles. The molecule has 0 bridgehead atoms. The molecule has 0 aromatic heterocycles. The van der Waals surface area contributed by atoms with Crippen molar-refractivity contribution in [3.05, 3.63) is 24.3 Å². The van der Waals surface area contributed by atoms with Gasteiger partial charge in [0.1, 0.15) is 5.75 Å². The Morgan fingerprint density at radius 2 is 2.00 bits per heavy atom. The smallest absolute Gasteiger partial charge is 0.121 e. The van der Waals surface area contributed by atoms with Gasteiger partial charge in [0, 0.05) is 18.2 Å². The van der Waals surface area contributed by atoms with Gasteiger partial charge in [-0.15, -0.1) is 0 Å². The molecular weight excluding hydrogens is 214 g/mol. The van der Waals surface area contributed by atoms with Crippen LogP contribution in [0.15, 0.2) is 24.3 Å². The number of benzene rings is 1. The number of anilines is 1. The van der Waals surface area contributed by atoms with Gasteiger partial charge in [-0.3, -0.25) is 0 Å². The molecule has 0 heterocycles. The van der Waals surface area contributed by atoms with Gasteiger partial charge in [0.15, 0.2) is 0 Å². The highest BCUT2D eigenvalue weighted by atomic mass is 16.5. The van der Waals surface area contributed by atoms with Crippen LogP contribution >= 0.6 is 0 Å². The van der Waals surface area contributed by atoms with Crippen LogP contribution in [0.1, 0.15) is 33.6 Å². The normalized spacial score (nSPS) is 11.5. The van der Waals surface area contributed by atoms with E-state index >= 15 is 0 Å². The Morgan fingerprint density at radius 1 is 1.24 bits per heavy atom. The third kappa shape index (κ3) is 5.59. The molecule has 3 nitrogen and oxygen atoms in total. The minimum Gasteiger partial charge on any atom is -0.493 e. The Kier molecular flexibility index (Phi) is 5.29. The highest BCUT2D eigenvalue weighted by Gasteiger charge is 2.14. The van der Waals surface area contributed by atoms with E-state index in [1.807, 2.05) is 24.3 Å². The maximum Gasteiger partial charge on any atom is 0.121 e. The van der Waals surface area contributed by atoms with Crippen LogP contribution < -0.4 is 10.5 Å². The molecule has 2 N–H and O–H groups in total. The first-order valence-electron chi connectivity index (χ1n) is 6.16. The van der Waals surface area contributed by atoms with Crippen molar-refractivity contribution in [2.75, 3.05) is 18.9 Å². The maximum absolute atomic E-state index is 5.74. The van der Waals surface area contributed by atoms with Crippen molar-refractivity contribution < 1.29 is 9.47 Å². The predicted molar refractivity (Wildman–Crippen MR) is 71.3 cm³/mol. The van der Waals surface area contributed by atoms with Crippen LogP contribution in [-0.4, -0.2) is 18.8 Å². The number of rotatable bonds is 7. The third-order valence-corrected chi connectivity index (χ3v) is 2.76. The average Bonchev–Trinajstić information content (AvgIpc) is 2.29. The van der Waals surface area contributed by atoms with Crippen molar-refractivity contribution in [3.8, 4) is 5.75 Å². The topological polar surface area (TPSA) is 44.5 Å². The van der Waals surface area contributed by atoms with E-state index in [9.17, 15) is 0 Å². The van der Waals surface area contributed by atoms with Crippen molar-refractivity contribution in [3.63, 3.8) is 0 Å². The van der Waals surface area contributed by atoms with Gasteiger partial charge in [0.2, 0.25) is 0 Å². The Balaban J connectivity index is 2.17. The quantitative estimate of drug-likeness (QED) is 0.585. The zero-order valence-electron chi connectivity index (χ0n) is 11.0. The van der Waals surface area contributed by atoms with Crippen molar-refractivity contribution in [2.45, 2.75) is 39.2 Å². The number of ether oxygens (including phenoxy) is 2. The van der Waals surface area contributed by atoms with E-state index in [-0.39, 0.29) is 5.60 Å². The molecule has 0 radical (unpaired) electrons. The van der Waals surface area contributed by atoms with E-state index in [1.54, 1.807) is 0 Å². The lowest BCUT2D eigenvalue weighted by atomic mass is 10.1. The molecule has 0 amide bonds. The van der Waals surface area contributed by atoms with Crippen molar-refractivity contribution >= 4 is 5.69 Å². The minimum atomic E-state index is -0.0306. The monoisotopic (exact) mass is 237 g/mol. The Labute approximate surface area is 104 Å². The highest BCUT2D eigenvalue weighted by molar-refractivity contribution is 5.43. The van der Waals surface area contributed by atoms with Crippen LogP contribution in [0, 0.1) is 0 Å². The van der Waals surface area contributed by atoms with Crippen LogP contribution in [0.5, 0.6) is 5.75 Å². The molecule has 0 aliphatic heterocycles. The van der Waals surface area contributed by atoms with E-state index in [4.69, 9.17) is 15.2 Å². The molecule has 0 fully saturated rings. The second-order valence-corrected chi connectivity index (χ2v) is 4.74. The van der Waals surface area contributed by atoms with Gasteiger partial charge in [0.05, 0.1) is 18.8 Å². The molecule has 0 saturated heterocycles. The van der Waals surface area contributed by atoms with E-state index in [0.29, 0.717) is 6.61 Å². The second kappa shape index (κ2) is 6.50. The highest BCUT2D eigenvalue weighted by Crippen LogP contribution is 2.16. The van der Waals surface area contributed by atoms with Gasteiger partial charge in [-0.05, 0) is 32.4 Å². The summed E-state index contributed by atoms with van der Waals surface area (Å²) in [5, 5.41) is 0. The molecule has 17 heavy (non-hydrogen) atoms. The standard InChI is InChI=1S/C14H23NO2/c1-4-14(2,3)17-10-6-9-16-13-8-5-7-12(15)11-13/h5,7-8,11H,4,6,9-10,15H2,1-3H3. The molecule has 0 spiro atoms. The molecule has 0 aliphatic carbocycles. The van der Waals surface area contributed by atoms with Crippen LogP contribution in [0.4, 0.5) is 5.69 Å². The number of nitrogens with two attached hydrogens (primary N) is 1. The van der Waals surface area contributed by atoms with Crippen LogP contribution in [0.2, 0.25) is 0 Å². The van der Waals surface area contributed by atoms with E-state index < -0.39 is 0 Å². The summed E-state index contributed by atoms with van der Waals surface area (Å²) in [6.07, 6.45) is 1.90. The Morgan fingerprint density at radius 3 is 2.65 bits per heavy atom. The second-order valence-electron chi connectivity index (χ2n) is 4.74. The van der Waals surface area contributed by atoms with Crippen LogP contribution in [-0.2, 0) is 4.74 Å². The lowest BCUT2D eigenvalue weighted by molar-refractivity contribution is -0.0241. The van der Waals surface area contributed by atoms with Gasteiger partial charge in [-0.2, -0.15) is 0 Å². The fourth-order valence-corrected chi connectivity index (χ4v) is 1.30. The van der Waals surface area contributed by atoms with Gasteiger partial charge < -0.3 is 15.2 Å². The molecule has 1 aromatic rings. The molecule has 1 rings (SSSR count). The van der Waals surface area contributed by atoms with Crippen molar-refractivity contribution in [1.29, 1.82) is 0 Å². The maximum atomic E-state index is 5.74. The summed E-state index contributed by atoms with van der Waals surface area (Å²) in [6, 6.07) is 7.48. The molecule has 3 heteroatoms. The van der Waals surface area contributed by atoms with Gasteiger partial charge in [-0.25, -0.2) is 0 Å².